The molecule has 1 nitrogen and oxygen atoms in total. The number of rotatable bonds is 1. The van der Waals surface area contributed by atoms with Crippen molar-refractivity contribution in [3.63, 3.8) is 0 Å². The summed E-state index contributed by atoms with van der Waals surface area (Å²) in [5, 5.41) is 0. The van der Waals surface area contributed by atoms with E-state index in [-0.39, 0.29) is 0 Å². The molecule has 0 saturated carbocycles. The zero-order valence-corrected chi connectivity index (χ0v) is 13.0. The highest BCUT2D eigenvalue weighted by Crippen LogP contribution is 2.37. The predicted molar refractivity (Wildman–Crippen MR) is 81.2 cm³/mol. The largest absolute Gasteiger partial charge is 0.460 e. The van der Waals surface area contributed by atoms with E-state index in [1.807, 2.05) is 6.07 Å². The van der Waals surface area contributed by atoms with Crippen LogP contribution in [0.4, 0.5) is 0 Å². The maximum Gasteiger partial charge on any atom is 0.147 e. The maximum absolute atomic E-state index is 6.05. The second kappa shape index (κ2) is 4.76. The summed E-state index contributed by atoms with van der Waals surface area (Å²) in [4.78, 5) is 0. The highest BCUT2D eigenvalue weighted by atomic mass is 127. The predicted octanol–water partition coefficient (Wildman–Crippen LogP) is 5.19. The number of fused-ring (bicyclic) bond motifs is 1. The van der Waals surface area contributed by atoms with E-state index in [4.69, 9.17) is 4.42 Å². The van der Waals surface area contributed by atoms with Crippen LogP contribution in [0.15, 0.2) is 33.2 Å². The van der Waals surface area contributed by atoms with E-state index in [2.05, 4.69) is 56.7 Å². The van der Waals surface area contributed by atoms with Crippen LogP contribution in [0.25, 0.3) is 11.3 Å². The Morgan fingerprint density at radius 1 is 1.18 bits per heavy atom. The Labute approximate surface area is 123 Å². The van der Waals surface area contributed by atoms with Gasteiger partial charge in [-0.05, 0) is 54.0 Å². The lowest BCUT2D eigenvalue weighted by Gasteiger charge is -2.08. The first kappa shape index (κ1) is 11.8. The highest BCUT2D eigenvalue weighted by molar-refractivity contribution is 14.1. The van der Waals surface area contributed by atoms with Gasteiger partial charge >= 0.3 is 0 Å². The van der Waals surface area contributed by atoms with Crippen LogP contribution in [0, 0.1) is 3.57 Å². The molecule has 0 amide bonds. The molecule has 1 heterocycles. The van der Waals surface area contributed by atoms with Gasteiger partial charge in [0.2, 0.25) is 0 Å². The summed E-state index contributed by atoms with van der Waals surface area (Å²) in [6, 6.07) is 8.32. The minimum absolute atomic E-state index is 1.04. The average Bonchev–Trinajstić information content (AvgIpc) is 2.68. The number of aryl methyl sites for hydroxylation is 1. The third kappa shape index (κ3) is 2.19. The summed E-state index contributed by atoms with van der Waals surface area (Å²) in [5.74, 6) is 2.24. The standard InChI is InChI=1S/C14H12BrIO/c15-10-5-3-4-9(8-10)14-13(16)11-6-1-2-7-12(11)17-14/h3-5,8H,1-2,6-7H2. The Kier molecular flexibility index (Phi) is 3.30. The number of halogens is 2. The molecule has 1 aromatic carbocycles. The summed E-state index contributed by atoms with van der Waals surface area (Å²) in [7, 11) is 0. The maximum atomic E-state index is 6.05. The number of hydrogen-bond acceptors (Lipinski definition) is 1. The molecular weight excluding hydrogens is 391 g/mol. The van der Waals surface area contributed by atoms with E-state index in [0.29, 0.717) is 0 Å². The summed E-state index contributed by atoms with van der Waals surface area (Å²) >= 11 is 5.94. The van der Waals surface area contributed by atoms with Crippen LogP contribution in [0.5, 0.6) is 0 Å². The highest BCUT2D eigenvalue weighted by Gasteiger charge is 2.21. The van der Waals surface area contributed by atoms with Crippen LogP contribution < -0.4 is 0 Å². The quantitative estimate of drug-likeness (QED) is 0.598. The Morgan fingerprint density at radius 3 is 2.76 bits per heavy atom. The van der Waals surface area contributed by atoms with E-state index >= 15 is 0 Å². The summed E-state index contributed by atoms with van der Waals surface area (Å²) in [5.41, 5.74) is 2.60. The SMILES string of the molecule is Brc1cccc(-c2oc3c(c2I)CCCC3)c1. The van der Waals surface area contributed by atoms with E-state index in [0.717, 1.165) is 22.2 Å². The smallest absolute Gasteiger partial charge is 0.147 e. The van der Waals surface area contributed by atoms with Gasteiger partial charge in [-0.1, -0.05) is 28.1 Å². The fourth-order valence-electron chi connectivity index (χ4n) is 2.34. The molecule has 88 valence electrons. The molecule has 0 unspecified atom stereocenters. The van der Waals surface area contributed by atoms with Gasteiger partial charge in [0, 0.05) is 22.0 Å². The van der Waals surface area contributed by atoms with Crippen molar-refractivity contribution in [3.05, 3.63) is 43.6 Å². The van der Waals surface area contributed by atoms with Crippen molar-refractivity contribution in [3.8, 4) is 11.3 Å². The molecule has 1 aliphatic rings. The Hall–Kier alpha value is -0.290. The monoisotopic (exact) mass is 402 g/mol. The molecule has 0 N–H and O–H groups in total. The molecule has 3 heteroatoms. The van der Waals surface area contributed by atoms with Crippen molar-refractivity contribution in [2.75, 3.05) is 0 Å². The van der Waals surface area contributed by atoms with Crippen molar-refractivity contribution in [1.82, 2.24) is 0 Å². The fraction of sp³-hybridized carbons (Fsp3) is 0.286. The van der Waals surface area contributed by atoms with Crippen LogP contribution in [0.3, 0.4) is 0 Å². The summed E-state index contributed by atoms with van der Waals surface area (Å²) in [6.07, 6.45) is 4.82. The second-order valence-corrected chi connectivity index (χ2v) is 6.36. The minimum atomic E-state index is 1.04. The van der Waals surface area contributed by atoms with Gasteiger partial charge in [0.25, 0.3) is 0 Å². The first-order valence-electron chi connectivity index (χ1n) is 5.81. The zero-order chi connectivity index (χ0) is 11.8. The third-order valence-electron chi connectivity index (χ3n) is 3.19. The molecule has 1 aromatic heterocycles. The summed E-state index contributed by atoms with van der Waals surface area (Å²) < 4.78 is 8.45. The molecule has 0 fully saturated rings. The molecular formula is C14H12BrIO. The van der Waals surface area contributed by atoms with Gasteiger partial charge in [0.05, 0.1) is 3.57 Å². The second-order valence-electron chi connectivity index (χ2n) is 4.36. The lowest BCUT2D eigenvalue weighted by Crippen LogP contribution is -1.99. The van der Waals surface area contributed by atoms with Crippen LogP contribution in [-0.4, -0.2) is 0 Å². The topological polar surface area (TPSA) is 13.1 Å². The molecule has 0 aliphatic heterocycles. The number of hydrogen-bond donors (Lipinski definition) is 0. The Bertz CT molecular complexity index is 559. The Morgan fingerprint density at radius 2 is 2.00 bits per heavy atom. The van der Waals surface area contributed by atoms with E-state index in [1.165, 1.54) is 34.2 Å². The van der Waals surface area contributed by atoms with Crippen molar-refractivity contribution in [1.29, 1.82) is 0 Å². The van der Waals surface area contributed by atoms with E-state index in [9.17, 15) is 0 Å². The minimum Gasteiger partial charge on any atom is -0.460 e. The average molecular weight is 403 g/mol. The third-order valence-corrected chi connectivity index (χ3v) is 4.83. The van der Waals surface area contributed by atoms with Crippen molar-refractivity contribution >= 4 is 38.5 Å². The zero-order valence-electron chi connectivity index (χ0n) is 9.30. The van der Waals surface area contributed by atoms with Gasteiger partial charge in [0.1, 0.15) is 11.5 Å². The van der Waals surface area contributed by atoms with Crippen LogP contribution in [0.1, 0.15) is 24.2 Å². The van der Waals surface area contributed by atoms with Gasteiger partial charge in [-0.25, -0.2) is 0 Å². The molecule has 17 heavy (non-hydrogen) atoms. The van der Waals surface area contributed by atoms with Crippen molar-refractivity contribution < 1.29 is 4.42 Å². The molecule has 3 rings (SSSR count). The van der Waals surface area contributed by atoms with Gasteiger partial charge in [-0.2, -0.15) is 0 Å². The fourth-order valence-corrected chi connectivity index (χ4v) is 3.73. The van der Waals surface area contributed by atoms with E-state index < -0.39 is 0 Å². The first-order valence-corrected chi connectivity index (χ1v) is 7.69. The summed E-state index contributed by atoms with van der Waals surface area (Å²) in [6.45, 7) is 0. The van der Waals surface area contributed by atoms with Crippen LogP contribution in [-0.2, 0) is 12.8 Å². The van der Waals surface area contributed by atoms with Gasteiger partial charge in [-0.3, -0.25) is 0 Å². The molecule has 0 saturated heterocycles. The van der Waals surface area contributed by atoms with Gasteiger partial charge in [0.15, 0.2) is 0 Å². The van der Waals surface area contributed by atoms with Gasteiger partial charge < -0.3 is 4.42 Å². The van der Waals surface area contributed by atoms with E-state index in [1.54, 1.807) is 0 Å². The normalized spacial score (nSPS) is 14.7. The molecule has 0 bridgehead atoms. The molecule has 1 aliphatic carbocycles. The molecule has 0 spiro atoms. The number of benzene rings is 1. The first-order chi connectivity index (χ1) is 8.25. The molecule has 0 atom stereocenters. The number of furan rings is 1. The van der Waals surface area contributed by atoms with Crippen molar-refractivity contribution in [2.45, 2.75) is 25.7 Å². The molecule has 0 radical (unpaired) electrons. The Balaban J connectivity index is 2.12. The van der Waals surface area contributed by atoms with Crippen LogP contribution in [0.2, 0.25) is 0 Å². The van der Waals surface area contributed by atoms with Gasteiger partial charge in [-0.15, -0.1) is 0 Å². The van der Waals surface area contributed by atoms with Crippen molar-refractivity contribution in [2.24, 2.45) is 0 Å². The molecule has 2 aromatic rings. The lowest BCUT2D eigenvalue weighted by atomic mass is 9.98. The lowest BCUT2D eigenvalue weighted by molar-refractivity contribution is 0.487. The van der Waals surface area contributed by atoms with Crippen LogP contribution >= 0.6 is 38.5 Å².